The van der Waals surface area contributed by atoms with Gasteiger partial charge >= 0.3 is 0 Å². The van der Waals surface area contributed by atoms with E-state index >= 15 is 0 Å². The van der Waals surface area contributed by atoms with Crippen LogP contribution in [0.5, 0.6) is 5.75 Å². The largest absolute Gasteiger partial charge is 0.482 e. The Morgan fingerprint density at radius 3 is 3.05 bits per heavy atom. The van der Waals surface area contributed by atoms with Crippen molar-refractivity contribution in [2.75, 3.05) is 19.7 Å². The number of likely N-dealkylation sites (tertiary alicyclic amines) is 1. The van der Waals surface area contributed by atoms with Crippen molar-refractivity contribution in [3.63, 3.8) is 0 Å². The summed E-state index contributed by atoms with van der Waals surface area (Å²) in [5.74, 6) is 0.618. The van der Waals surface area contributed by atoms with Crippen LogP contribution < -0.4 is 10.5 Å². The number of pyridine rings is 1. The van der Waals surface area contributed by atoms with Gasteiger partial charge in [0.15, 0.2) is 6.61 Å². The first-order valence-corrected chi connectivity index (χ1v) is 6.55. The lowest BCUT2D eigenvalue weighted by Crippen LogP contribution is -2.54. The van der Waals surface area contributed by atoms with Gasteiger partial charge in [0.1, 0.15) is 5.75 Å². The van der Waals surface area contributed by atoms with E-state index in [0.717, 1.165) is 6.42 Å². The van der Waals surface area contributed by atoms with Crippen LogP contribution in [0.4, 0.5) is 0 Å². The second-order valence-electron chi connectivity index (χ2n) is 5.68. The fourth-order valence-electron chi connectivity index (χ4n) is 2.26. The highest BCUT2D eigenvalue weighted by molar-refractivity contribution is 5.78. The highest BCUT2D eigenvalue weighted by atomic mass is 16.5. The molecule has 5 nitrogen and oxygen atoms in total. The van der Waals surface area contributed by atoms with Crippen molar-refractivity contribution in [3.05, 3.63) is 24.5 Å². The lowest BCUT2D eigenvalue weighted by Gasteiger charge is -2.42. The van der Waals surface area contributed by atoms with Crippen LogP contribution >= 0.6 is 0 Å². The molecule has 1 amide bonds. The summed E-state index contributed by atoms with van der Waals surface area (Å²) in [6.07, 6.45) is 4.11. The second-order valence-corrected chi connectivity index (χ2v) is 5.68. The molecule has 0 radical (unpaired) electrons. The third kappa shape index (κ3) is 3.44. The number of piperidine rings is 1. The maximum atomic E-state index is 12.1. The summed E-state index contributed by atoms with van der Waals surface area (Å²) in [5, 5.41) is 0. The minimum atomic E-state index is -0.0395. The number of amides is 1. The number of carbonyl (C=O) groups excluding carboxylic acids is 1. The van der Waals surface area contributed by atoms with Crippen LogP contribution in [-0.4, -0.2) is 41.5 Å². The Kier molecular flexibility index (Phi) is 4.04. The monoisotopic (exact) mass is 263 g/mol. The third-order valence-electron chi connectivity index (χ3n) is 3.66. The third-order valence-corrected chi connectivity index (χ3v) is 3.66. The van der Waals surface area contributed by atoms with E-state index in [9.17, 15) is 4.79 Å². The lowest BCUT2D eigenvalue weighted by atomic mass is 9.80. The van der Waals surface area contributed by atoms with Gasteiger partial charge in [0.25, 0.3) is 5.91 Å². The van der Waals surface area contributed by atoms with Crippen molar-refractivity contribution in [2.24, 2.45) is 11.1 Å². The average Bonchev–Trinajstić information content (AvgIpc) is 2.40. The number of nitrogens with two attached hydrogens (primary N) is 1. The molecular weight excluding hydrogens is 242 g/mol. The molecule has 1 aliphatic heterocycles. The van der Waals surface area contributed by atoms with E-state index in [2.05, 4.69) is 18.8 Å². The van der Waals surface area contributed by atoms with Crippen LogP contribution in [-0.2, 0) is 4.79 Å². The molecule has 1 saturated heterocycles. The molecule has 104 valence electrons. The normalized spacial score (nSPS) is 22.1. The van der Waals surface area contributed by atoms with E-state index in [4.69, 9.17) is 10.5 Å². The van der Waals surface area contributed by atoms with Gasteiger partial charge in [0, 0.05) is 25.3 Å². The summed E-state index contributed by atoms with van der Waals surface area (Å²) in [6, 6.07) is 3.72. The summed E-state index contributed by atoms with van der Waals surface area (Å²) >= 11 is 0. The van der Waals surface area contributed by atoms with Gasteiger partial charge in [0.2, 0.25) is 0 Å². The van der Waals surface area contributed by atoms with Gasteiger partial charge in [-0.3, -0.25) is 9.78 Å². The highest BCUT2D eigenvalue weighted by Crippen LogP contribution is 2.27. The SMILES string of the molecule is CC1(C)CN(C(=O)COc2cccnc2)CCC1N. The van der Waals surface area contributed by atoms with Gasteiger partial charge in [-0.25, -0.2) is 0 Å². The Bertz CT molecular complexity index is 434. The number of carbonyl (C=O) groups is 1. The number of hydrogen-bond donors (Lipinski definition) is 1. The summed E-state index contributed by atoms with van der Waals surface area (Å²) in [7, 11) is 0. The van der Waals surface area contributed by atoms with E-state index in [1.165, 1.54) is 0 Å². The smallest absolute Gasteiger partial charge is 0.260 e. The Morgan fingerprint density at radius 2 is 2.42 bits per heavy atom. The van der Waals surface area contributed by atoms with Crippen LogP contribution in [0.25, 0.3) is 0 Å². The standard InChI is InChI=1S/C14H21N3O2/c1-14(2)10-17(7-5-12(14)15)13(18)9-19-11-4-3-6-16-8-11/h3-4,6,8,12H,5,7,9-10,15H2,1-2H3. The van der Waals surface area contributed by atoms with Gasteiger partial charge in [-0.2, -0.15) is 0 Å². The molecule has 1 atom stereocenters. The maximum Gasteiger partial charge on any atom is 0.260 e. The van der Waals surface area contributed by atoms with Crippen molar-refractivity contribution >= 4 is 5.91 Å². The molecule has 19 heavy (non-hydrogen) atoms. The fourth-order valence-corrected chi connectivity index (χ4v) is 2.26. The molecular formula is C14H21N3O2. The molecule has 5 heteroatoms. The van der Waals surface area contributed by atoms with E-state index in [-0.39, 0.29) is 24.0 Å². The number of rotatable bonds is 3. The molecule has 1 aliphatic rings. The molecule has 1 unspecified atom stereocenters. The van der Waals surface area contributed by atoms with Crippen molar-refractivity contribution in [3.8, 4) is 5.75 Å². The van der Waals surface area contributed by atoms with Gasteiger partial charge in [0.05, 0.1) is 6.20 Å². The van der Waals surface area contributed by atoms with E-state index < -0.39 is 0 Å². The maximum absolute atomic E-state index is 12.1. The van der Waals surface area contributed by atoms with Crippen molar-refractivity contribution < 1.29 is 9.53 Å². The predicted octanol–water partition coefficient (Wildman–Crippen LogP) is 1.05. The Morgan fingerprint density at radius 1 is 1.63 bits per heavy atom. The average molecular weight is 263 g/mol. The molecule has 2 N–H and O–H groups in total. The number of ether oxygens (including phenoxy) is 1. The van der Waals surface area contributed by atoms with Crippen molar-refractivity contribution in [1.29, 1.82) is 0 Å². The molecule has 1 aromatic rings. The number of hydrogen-bond acceptors (Lipinski definition) is 4. The van der Waals surface area contributed by atoms with Crippen molar-refractivity contribution in [1.82, 2.24) is 9.88 Å². The van der Waals surface area contributed by atoms with E-state index in [0.29, 0.717) is 18.8 Å². The summed E-state index contributed by atoms with van der Waals surface area (Å²) in [5.41, 5.74) is 6.02. The Balaban J connectivity index is 1.87. The van der Waals surface area contributed by atoms with E-state index in [1.54, 1.807) is 24.5 Å². The molecule has 0 saturated carbocycles. The van der Waals surface area contributed by atoms with Gasteiger partial charge in [-0.1, -0.05) is 13.8 Å². The van der Waals surface area contributed by atoms with Crippen LogP contribution in [0.2, 0.25) is 0 Å². The van der Waals surface area contributed by atoms with Gasteiger partial charge in [-0.15, -0.1) is 0 Å². The lowest BCUT2D eigenvalue weighted by molar-refractivity contribution is -0.136. The topological polar surface area (TPSA) is 68.5 Å². The molecule has 0 spiro atoms. The molecule has 2 rings (SSSR count). The van der Waals surface area contributed by atoms with Crippen molar-refractivity contribution in [2.45, 2.75) is 26.3 Å². The highest BCUT2D eigenvalue weighted by Gasteiger charge is 2.35. The molecule has 1 fully saturated rings. The fraction of sp³-hybridized carbons (Fsp3) is 0.571. The molecule has 2 heterocycles. The second kappa shape index (κ2) is 5.57. The Labute approximate surface area is 113 Å². The number of nitrogens with zero attached hydrogens (tertiary/aromatic N) is 2. The van der Waals surface area contributed by atoms with Crippen LogP contribution in [0, 0.1) is 5.41 Å². The summed E-state index contributed by atoms with van der Waals surface area (Å²) in [4.78, 5) is 17.9. The Hall–Kier alpha value is -1.62. The van der Waals surface area contributed by atoms with Gasteiger partial charge < -0.3 is 15.4 Å². The molecule has 1 aromatic heterocycles. The minimum absolute atomic E-state index is 0.00354. The predicted molar refractivity (Wildman–Crippen MR) is 72.7 cm³/mol. The summed E-state index contributed by atoms with van der Waals surface area (Å²) in [6.45, 7) is 5.64. The van der Waals surface area contributed by atoms with Crippen LogP contribution in [0.3, 0.4) is 0 Å². The summed E-state index contributed by atoms with van der Waals surface area (Å²) < 4.78 is 5.43. The zero-order valence-corrected chi connectivity index (χ0v) is 11.5. The molecule has 0 aliphatic carbocycles. The van der Waals surface area contributed by atoms with Crippen LogP contribution in [0.15, 0.2) is 24.5 Å². The first kappa shape index (κ1) is 13.8. The zero-order valence-electron chi connectivity index (χ0n) is 11.5. The van der Waals surface area contributed by atoms with Gasteiger partial charge in [-0.05, 0) is 24.0 Å². The first-order chi connectivity index (χ1) is 8.99. The molecule has 0 bridgehead atoms. The number of aromatic nitrogens is 1. The van der Waals surface area contributed by atoms with E-state index in [1.807, 2.05) is 4.90 Å². The van der Waals surface area contributed by atoms with Crippen LogP contribution in [0.1, 0.15) is 20.3 Å². The quantitative estimate of drug-likeness (QED) is 0.885. The minimum Gasteiger partial charge on any atom is -0.482 e. The zero-order chi connectivity index (χ0) is 13.9. The molecule has 0 aromatic carbocycles. The first-order valence-electron chi connectivity index (χ1n) is 6.55.